The van der Waals surface area contributed by atoms with Gasteiger partial charge in [-0.3, -0.25) is 0 Å². The number of carbonyl (C=O) groups is 1. The van der Waals surface area contributed by atoms with E-state index in [4.69, 9.17) is 17.3 Å². The van der Waals surface area contributed by atoms with Crippen LogP contribution in [-0.2, 0) is 10.0 Å². The summed E-state index contributed by atoms with van der Waals surface area (Å²) in [5, 5.41) is 8.79. The number of benzene rings is 1. The number of anilines is 1. The second kappa shape index (κ2) is 7.19. The number of terminal acetylenes is 1. The van der Waals surface area contributed by atoms with Crippen LogP contribution < -0.4 is 10.5 Å². The topological polar surface area (TPSA) is 109 Å². The van der Waals surface area contributed by atoms with Crippen LogP contribution in [0.5, 0.6) is 0 Å². The van der Waals surface area contributed by atoms with Crippen molar-refractivity contribution >= 4 is 33.4 Å². The summed E-state index contributed by atoms with van der Waals surface area (Å²) in [6.07, 6.45) is 5.07. The van der Waals surface area contributed by atoms with Crippen molar-refractivity contribution in [3.63, 3.8) is 0 Å². The zero-order valence-electron chi connectivity index (χ0n) is 10.5. The molecule has 8 heteroatoms. The van der Waals surface area contributed by atoms with Gasteiger partial charge < -0.3 is 10.8 Å². The Kier molecular flexibility index (Phi) is 5.88. The van der Waals surface area contributed by atoms with Gasteiger partial charge in [-0.15, -0.1) is 18.2 Å². The zero-order chi connectivity index (χ0) is 15.2. The van der Waals surface area contributed by atoms with E-state index in [1.807, 2.05) is 0 Å². The van der Waals surface area contributed by atoms with Crippen LogP contribution >= 0.6 is 11.8 Å². The molecule has 4 N–H and O–H groups in total. The molecule has 0 fully saturated rings. The SMILES string of the molecule is C#CCSCCNS(=O)(=O)c1ccc(C(=O)O)cc1N. The van der Waals surface area contributed by atoms with Gasteiger partial charge in [-0.2, -0.15) is 0 Å². The Morgan fingerprint density at radius 3 is 2.75 bits per heavy atom. The summed E-state index contributed by atoms with van der Waals surface area (Å²) < 4.78 is 26.3. The fourth-order valence-electron chi connectivity index (χ4n) is 1.38. The molecule has 0 heterocycles. The van der Waals surface area contributed by atoms with Gasteiger partial charge in [0.05, 0.1) is 17.0 Å². The van der Waals surface area contributed by atoms with Gasteiger partial charge in [0.25, 0.3) is 0 Å². The lowest BCUT2D eigenvalue weighted by Gasteiger charge is -2.09. The number of nitrogen functional groups attached to an aromatic ring is 1. The largest absolute Gasteiger partial charge is 0.478 e. The summed E-state index contributed by atoms with van der Waals surface area (Å²) in [5.74, 6) is 2.32. The quantitative estimate of drug-likeness (QED) is 0.386. The smallest absolute Gasteiger partial charge is 0.335 e. The normalized spacial score (nSPS) is 10.9. The first-order valence-corrected chi connectivity index (χ1v) is 8.16. The predicted octanol–water partition coefficient (Wildman–Crippen LogP) is 0.612. The van der Waals surface area contributed by atoms with Gasteiger partial charge in [0, 0.05) is 12.3 Å². The van der Waals surface area contributed by atoms with E-state index in [2.05, 4.69) is 10.6 Å². The predicted molar refractivity (Wildman–Crippen MR) is 79.2 cm³/mol. The number of thioether (sulfide) groups is 1. The van der Waals surface area contributed by atoms with Gasteiger partial charge in [0.15, 0.2) is 0 Å². The molecule has 0 atom stereocenters. The molecule has 0 bridgehead atoms. The van der Waals surface area contributed by atoms with Crippen LogP contribution in [0.25, 0.3) is 0 Å². The number of hydrogen-bond donors (Lipinski definition) is 3. The first-order valence-electron chi connectivity index (χ1n) is 5.52. The van der Waals surface area contributed by atoms with Crippen molar-refractivity contribution in [3.05, 3.63) is 23.8 Å². The van der Waals surface area contributed by atoms with E-state index in [0.717, 1.165) is 6.07 Å². The standard InChI is InChI=1S/C12H14N2O4S2/c1-2-6-19-7-5-14-20(17,18)11-4-3-9(12(15)16)8-10(11)13/h1,3-4,8,14H,5-7,13H2,(H,15,16). The maximum atomic E-state index is 12.0. The number of nitrogens with two attached hydrogens (primary N) is 1. The van der Waals surface area contributed by atoms with Crippen molar-refractivity contribution in [2.75, 3.05) is 23.8 Å². The Labute approximate surface area is 121 Å². The number of sulfonamides is 1. The molecule has 0 aliphatic heterocycles. The summed E-state index contributed by atoms with van der Waals surface area (Å²) in [6.45, 7) is 0.217. The molecular weight excluding hydrogens is 300 g/mol. The van der Waals surface area contributed by atoms with Crippen LogP contribution in [0.2, 0.25) is 0 Å². The van der Waals surface area contributed by atoms with Crippen LogP contribution in [0.15, 0.2) is 23.1 Å². The number of carboxylic acids is 1. The number of aromatic carboxylic acids is 1. The Morgan fingerprint density at radius 2 is 2.20 bits per heavy atom. The second-order valence-corrected chi connectivity index (χ2v) is 6.55. The van der Waals surface area contributed by atoms with Gasteiger partial charge in [-0.1, -0.05) is 5.92 Å². The molecule has 1 aromatic rings. The number of carboxylic acid groups (broad SMARTS) is 1. The van der Waals surface area contributed by atoms with Gasteiger partial charge in [0.1, 0.15) is 4.90 Å². The van der Waals surface area contributed by atoms with Gasteiger partial charge in [-0.05, 0) is 18.2 Å². The van der Waals surface area contributed by atoms with E-state index in [0.29, 0.717) is 11.5 Å². The lowest BCUT2D eigenvalue weighted by molar-refractivity contribution is 0.0697. The van der Waals surface area contributed by atoms with Crippen molar-refractivity contribution in [3.8, 4) is 12.3 Å². The van der Waals surface area contributed by atoms with Crippen molar-refractivity contribution < 1.29 is 18.3 Å². The van der Waals surface area contributed by atoms with Gasteiger partial charge in [0.2, 0.25) is 10.0 Å². The highest BCUT2D eigenvalue weighted by molar-refractivity contribution is 7.99. The highest BCUT2D eigenvalue weighted by Gasteiger charge is 2.18. The number of hydrogen-bond acceptors (Lipinski definition) is 5. The Bertz CT molecular complexity index is 635. The van der Waals surface area contributed by atoms with E-state index in [-0.39, 0.29) is 22.7 Å². The number of rotatable bonds is 7. The third-order valence-electron chi connectivity index (χ3n) is 2.27. The first-order chi connectivity index (χ1) is 9.38. The van der Waals surface area contributed by atoms with Gasteiger partial charge >= 0.3 is 5.97 Å². The van der Waals surface area contributed by atoms with E-state index in [1.54, 1.807) is 0 Å². The van der Waals surface area contributed by atoms with Gasteiger partial charge in [-0.25, -0.2) is 17.9 Å². The molecule has 0 spiro atoms. The van der Waals surface area contributed by atoms with Crippen LogP contribution in [0.3, 0.4) is 0 Å². The lowest BCUT2D eigenvalue weighted by Crippen LogP contribution is -2.27. The summed E-state index contributed by atoms with van der Waals surface area (Å²) >= 11 is 1.43. The minimum absolute atomic E-state index is 0.0639. The molecule has 1 aromatic carbocycles. The molecule has 0 saturated carbocycles. The van der Waals surface area contributed by atoms with E-state index < -0.39 is 16.0 Å². The van der Waals surface area contributed by atoms with Crippen LogP contribution in [0.1, 0.15) is 10.4 Å². The van der Waals surface area contributed by atoms with E-state index in [1.165, 1.54) is 23.9 Å². The Morgan fingerprint density at radius 1 is 1.50 bits per heavy atom. The summed E-state index contributed by atoms with van der Waals surface area (Å²) in [7, 11) is -3.75. The Hall–Kier alpha value is -1.69. The van der Waals surface area contributed by atoms with Crippen molar-refractivity contribution in [2.45, 2.75) is 4.90 Å². The maximum Gasteiger partial charge on any atom is 0.335 e. The molecule has 0 amide bonds. The third kappa shape index (κ3) is 4.45. The van der Waals surface area contributed by atoms with E-state index >= 15 is 0 Å². The maximum absolute atomic E-state index is 12.0. The van der Waals surface area contributed by atoms with Crippen molar-refractivity contribution in [1.82, 2.24) is 4.72 Å². The molecule has 0 unspecified atom stereocenters. The lowest BCUT2D eigenvalue weighted by atomic mass is 10.2. The Balaban J connectivity index is 2.78. The highest BCUT2D eigenvalue weighted by atomic mass is 32.2. The molecule has 0 aromatic heterocycles. The molecule has 20 heavy (non-hydrogen) atoms. The zero-order valence-corrected chi connectivity index (χ0v) is 12.1. The molecule has 0 aliphatic carbocycles. The minimum atomic E-state index is -3.75. The monoisotopic (exact) mass is 314 g/mol. The molecule has 0 radical (unpaired) electrons. The fourth-order valence-corrected chi connectivity index (χ4v) is 3.16. The summed E-state index contributed by atoms with van der Waals surface area (Å²) in [6, 6.07) is 3.49. The van der Waals surface area contributed by atoms with Crippen molar-refractivity contribution in [2.24, 2.45) is 0 Å². The third-order valence-corrected chi connectivity index (χ3v) is 4.67. The molecule has 0 saturated heterocycles. The van der Waals surface area contributed by atoms with Crippen molar-refractivity contribution in [1.29, 1.82) is 0 Å². The second-order valence-electron chi connectivity index (χ2n) is 3.71. The van der Waals surface area contributed by atoms with Crippen LogP contribution in [0, 0.1) is 12.3 Å². The van der Waals surface area contributed by atoms with Crippen LogP contribution in [-0.4, -0.2) is 37.5 Å². The van der Waals surface area contributed by atoms with Crippen LogP contribution in [0.4, 0.5) is 5.69 Å². The minimum Gasteiger partial charge on any atom is -0.478 e. The molecule has 1 rings (SSSR count). The highest BCUT2D eigenvalue weighted by Crippen LogP contribution is 2.19. The summed E-state index contributed by atoms with van der Waals surface area (Å²) in [5.41, 5.74) is 5.42. The first kappa shape index (κ1) is 16.4. The average Bonchev–Trinajstić information content (AvgIpc) is 2.37. The fraction of sp³-hybridized carbons (Fsp3) is 0.250. The average molecular weight is 314 g/mol. The van der Waals surface area contributed by atoms with E-state index in [9.17, 15) is 13.2 Å². The molecular formula is C12H14N2O4S2. The molecule has 6 nitrogen and oxygen atoms in total. The number of nitrogens with one attached hydrogen (secondary N) is 1. The molecule has 108 valence electrons. The summed E-state index contributed by atoms with van der Waals surface area (Å²) in [4.78, 5) is 10.6. The molecule has 0 aliphatic rings.